The molecule has 3 nitrogen and oxygen atoms in total. The summed E-state index contributed by atoms with van der Waals surface area (Å²) >= 11 is 0. The Morgan fingerprint density at radius 3 is 2.93 bits per heavy atom. The predicted octanol–water partition coefficient (Wildman–Crippen LogP) is 1.97. The molecule has 0 amide bonds. The molecule has 1 aromatic rings. The van der Waals surface area contributed by atoms with Crippen LogP contribution < -0.4 is 4.74 Å². The van der Waals surface area contributed by atoms with E-state index < -0.39 is 0 Å². The van der Waals surface area contributed by atoms with E-state index in [0.717, 1.165) is 5.56 Å². The first-order valence-electron chi connectivity index (χ1n) is 4.94. The highest BCUT2D eigenvalue weighted by molar-refractivity contribution is 5.28. The lowest BCUT2D eigenvalue weighted by molar-refractivity contribution is 0.227. The summed E-state index contributed by atoms with van der Waals surface area (Å²) in [6.07, 6.45) is 2.37. The maximum absolute atomic E-state index is 8.62. The monoisotopic (exact) mass is 195 g/mol. The van der Waals surface area contributed by atoms with Crippen molar-refractivity contribution >= 4 is 0 Å². The predicted molar refractivity (Wildman–Crippen MR) is 55.5 cm³/mol. The van der Waals surface area contributed by atoms with Crippen LogP contribution in [-0.2, 0) is 0 Å². The van der Waals surface area contributed by atoms with Crippen LogP contribution in [0.4, 0.5) is 0 Å². The molecule has 0 saturated carbocycles. The van der Waals surface area contributed by atoms with Crippen LogP contribution in [0.3, 0.4) is 0 Å². The first-order valence-corrected chi connectivity index (χ1v) is 4.94. The third-order valence-electron chi connectivity index (χ3n) is 1.96. The highest BCUT2D eigenvalue weighted by Crippen LogP contribution is 2.23. The smallest absolute Gasteiger partial charge is 0.216 e. The Balaban J connectivity index is 2.64. The molecule has 0 spiro atoms. The fourth-order valence-electron chi connectivity index (χ4n) is 1.20. The van der Waals surface area contributed by atoms with Crippen LogP contribution in [-0.4, -0.2) is 23.3 Å². The molecular formula is C11H17NO2. The average molecular weight is 195 g/mol. The van der Waals surface area contributed by atoms with Crippen LogP contribution in [0.2, 0.25) is 0 Å². The van der Waals surface area contributed by atoms with Crippen molar-refractivity contribution in [3.63, 3.8) is 0 Å². The topological polar surface area (TPSA) is 42.4 Å². The van der Waals surface area contributed by atoms with Crippen molar-refractivity contribution in [1.29, 1.82) is 0 Å². The third kappa shape index (κ3) is 3.00. The van der Waals surface area contributed by atoms with E-state index >= 15 is 0 Å². The van der Waals surface area contributed by atoms with Crippen molar-refractivity contribution in [2.24, 2.45) is 0 Å². The number of pyridine rings is 1. The quantitative estimate of drug-likeness (QED) is 0.730. The number of aliphatic hydroxyl groups is 1. The van der Waals surface area contributed by atoms with Gasteiger partial charge in [-0.2, -0.15) is 0 Å². The number of ether oxygens (including phenoxy) is 1. The van der Waals surface area contributed by atoms with Gasteiger partial charge in [0.05, 0.1) is 6.61 Å². The van der Waals surface area contributed by atoms with Crippen LogP contribution in [0, 0.1) is 0 Å². The van der Waals surface area contributed by atoms with Gasteiger partial charge in [0.1, 0.15) is 0 Å². The number of aromatic nitrogens is 1. The summed E-state index contributed by atoms with van der Waals surface area (Å²) in [7, 11) is 0. The van der Waals surface area contributed by atoms with Crippen LogP contribution in [0.15, 0.2) is 18.3 Å². The van der Waals surface area contributed by atoms with Gasteiger partial charge < -0.3 is 9.84 Å². The molecule has 78 valence electrons. The van der Waals surface area contributed by atoms with Crippen molar-refractivity contribution in [1.82, 2.24) is 4.98 Å². The Hall–Kier alpha value is -1.09. The lowest BCUT2D eigenvalue weighted by Gasteiger charge is -2.11. The number of hydrogen-bond acceptors (Lipinski definition) is 3. The summed E-state index contributed by atoms with van der Waals surface area (Å²) < 4.78 is 5.47. The number of nitrogens with zero attached hydrogens (tertiary/aromatic N) is 1. The molecule has 0 fully saturated rings. The lowest BCUT2D eigenvalue weighted by Crippen LogP contribution is -2.04. The van der Waals surface area contributed by atoms with E-state index in [1.165, 1.54) is 0 Å². The number of aliphatic hydroxyl groups excluding tert-OH is 1. The van der Waals surface area contributed by atoms with Gasteiger partial charge in [0.2, 0.25) is 5.88 Å². The molecular weight excluding hydrogens is 178 g/mol. The molecule has 0 unspecified atom stereocenters. The minimum atomic E-state index is 0.157. The first-order chi connectivity index (χ1) is 6.75. The molecule has 0 aliphatic rings. The second kappa shape index (κ2) is 5.60. The van der Waals surface area contributed by atoms with Gasteiger partial charge in [-0.3, -0.25) is 0 Å². The van der Waals surface area contributed by atoms with Gasteiger partial charge in [0.25, 0.3) is 0 Å². The normalized spacial score (nSPS) is 10.6. The Morgan fingerprint density at radius 2 is 2.29 bits per heavy atom. The average Bonchev–Trinajstić information content (AvgIpc) is 2.19. The summed E-state index contributed by atoms with van der Waals surface area (Å²) in [6.45, 7) is 4.89. The van der Waals surface area contributed by atoms with Gasteiger partial charge in [-0.1, -0.05) is 19.9 Å². The zero-order chi connectivity index (χ0) is 10.4. The van der Waals surface area contributed by atoms with Crippen LogP contribution >= 0.6 is 0 Å². The zero-order valence-electron chi connectivity index (χ0n) is 8.73. The van der Waals surface area contributed by atoms with Gasteiger partial charge in [-0.25, -0.2) is 4.98 Å². The largest absolute Gasteiger partial charge is 0.477 e. The molecule has 1 rings (SSSR count). The summed E-state index contributed by atoms with van der Waals surface area (Å²) in [5.74, 6) is 1.10. The van der Waals surface area contributed by atoms with Crippen LogP contribution in [0.25, 0.3) is 0 Å². The standard InChI is InChI=1S/C11H17NO2/c1-9(2)10-5-3-6-12-11(10)14-8-4-7-13/h3,5-6,9,13H,4,7-8H2,1-2H3. The van der Waals surface area contributed by atoms with Gasteiger partial charge in [-0.05, 0) is 12.0 Å². The SMILES string of the molecule is CC(C)c1cccnc1OCCCO. The van der Waals surface area contributed by atoms with Crippen LogP contribution in [0.5, 0.6) is 5.88 Å². The van der Waals surface area contributed by atoms with Gasteiger partial charge in [0, 0.05) is 24.8 Å². The second-order valence-electron chi connectivity index (χ2n) is 3.48. The minimum Gasteiger partial charge on any atom is -0.477 e. The van der Waals surface area contributed by atoms with Crippen molar-refractivity contribution in [2.75, 3.05) is 13.2 Å². The molecule has 3 heteroatoms. The maximum Gasteiger partial charge on any atom is 0.216 e. The van der Waals surface area contributed by atoms with Crippen molar-refractivity contribution in [2.45, 2.75) is 26.2 Å². The minimum absolute atomic E-state index is 0.157. The fourth-order valence-corrected chi connectivity index (χ4v) is 1.20. The third-order valence-corrected chi connectivity index (χ3v) is 1.96. The molecule has 1 heterocycles. The second-order valence-corrected chi connectivity index (χ2v) is 3.48. The summed E-state index contributed by atoms with van der Waals surface area (Å²) in [5.41, 5.74) is 1.12. The molecule has 0 aliphatic carbocycles. The Kier molecular flexibility index (Phi) is 4.40. The Bertz CT molecular complexity index is 274. The van der Waals surface area contributed by atoms with E-state index in [9.17, 15) is 0 Å². The molecule has 0 aromatic carbocycles. The fraction of sp³-hybridized carbons (Fsp3) is 0.545. The maximum atomic E-state index is 8.62. The van der Waals surface area contributed by atoms with E-state index in [2.05, 4.69) is 18.8 Å². The molecule has 14 heavy (non-hydrogen) atoms. The van der Waals surface area contributed by atoms with Crippen molar-refractivity contribution in [3.05, 3.63) is 23.9 Å². The molecule has 0 radical (unpaired) electrons. The molecule has 1 aromatic heterocycles. The van der Waals surface area contributed by atoms with Crippen LogP contribution in [0.1, 0.15) is 31.7 Å². The molecule has 0 bridgehead atoms. The number of rotatable bonds is 5. The van der Waals surface area contributed by atoms with Gasteiger partial charge in [-0.15, -0.1) is 0 Å². The summed E-state index contributed by atoms with van der Waals surface area (Å²) in [4.78, 5) is 4.17. The highest BCUT2D eigenvalue weighted by atomic mass is 16.5. The molecule has 0 atom stereocenters. The van der Waals surface area contributed by atoms with Gasteiger partial charge in [0.15, 0.2) is 0 Å². The Morgan fingerprint density at radius 1 is 1.50 bits per heavy atom. The summed E-state index contributed by atoms with van der Waals surface area (Å²) in [6, 6.07) is 3.93. The lowest BCUT2D eigenvalue weighted by atomic mass is 10.1. The molecule has 0 aliphatic heterocycles. The number of hydrogen-bond donors (Lipinski definition) is 1. The summed E-state index contributed by atoms with van der Waals surface area (Å²) in [5, 5.41) is 8.62. The Labute approximate surface area is 84.7 Å². The molecule has 0 saturated heterocycles. The van der Waals surface area contributed by atoms with Crippen molar-refractivity contribution < 1.29 is 9.84 Å². The van der Waals surface area contributed by atoms with Gasteiger partial charge >= 0.3 is 0 Å². The van der Waals surface area contributed by atoms with E-state index in [1.807, 2.05) is 12.1 Å². The van der Waals surface area contributed by atoms with E-state index in [4.69, 9.17) is 9.84 Å². The molecule has 1 N–H and O–H groups in total. The highest BCUT2D eigenvalue weighted by Gasteiger charge is 2.07. The zero-order valence-corrected chi connectivity index (χ0v) is 8.73. The van der Waals surface area contributed by atoms with E-state index in [1.54, 1.807) is 6.20 Å². The first kappa shape index (κ1) is 11.0. The van der Waals surface area contributed by atoms with E-state index in [-0.39, 0.29) is 6.61 Å². The van der Waals surface area contributed by atoms with E-state index in [0.29, 0.717) is 24.8 Å². The van der Waals surface area contributed by atoms with Crippen molar-refractivity contribution in [3.8, 4) is 5.88 Å².